The Morgan fingerprint density at radius 3 is 1.59 bits per heavy atom. The third-order valence-corrected chi connectivity index (χ3v) is 8.05. The number of hydrogen-bond acceptors (Lipinski definition) is 3. The first-order chi connectivity index (χ1) is 20.0. The van der Waals surface area contributed by atoms with Gasteiger partial charge in [0.05, 0.1) is 5.41 Å². The standard InChI is InChI=1S/C38H31N3/c1-37(2,3)36-40-34(26-15-7-4-8-16-26)39-35(41-36)27-23-24-31-30-21-13-14-22-32(30)38(33(31)25-27,28-17-9-5-10-18-28)29-19-11-6-12-20-29/h4-25H,1-3H3. The topological polar surface area (TPSA) is 38.7 Å². The number of hydrogen-bond donors (Lipinski definition) is 0. The second-order valence-electron chi connectivity index (χ2n) is 11.7. The first kappa shape index (κ1) is 25.1. The molecule has 0 amide bonds. The molecule has 1 aliphatic rings. The zero-order chi connectivity index (χ0) is 28.0. The molecule has 0 aliphatic heterocycles. The minimum Gasteiger partial charge on any atom is -0.212 e. The first-order valence-electron chi connectivity index (χ1n) is 14.1. The van der Waals surface area contributed by atoms with Gasteiger partial charge in [0.2, 0.25) is 0 Å². The Morgan fingerprint density at radius 2 is 0.976 bits per heavy atom. The molecule has 41 heavy (non-hydrogen) atoms. The van der Waals surface area contributed by atoms with Gasteiger partial charge < -0.3 is 0 Å². The Bertz CT molecular complexity index is 1810. The van der Waals surface area contributed by atoms with Gasteiger partial charge in [0.1, 0.15) is 5.82 Å². The second-order valence-corrected chi connectivity index (χ2v) is 11.7. The third-order valence-electron chi connectivity index (χ3n) is 8.05. The second kappa shape index (κ2) is 9.64. The Hall–Kier alpha value is -4.89. The number of aromatic nitrogens is 3. The molecule has 0 saturated carbocycles. The molecule has 7 rings (SSSR count). The van der Waals surface area contributed by atoms with Crippen LogP contribution in [0.4, 0.5) is 0 Å². The lowest BCUT2D eigenvalue weighted by Crippen LogP contribution is -2.28. The van der Waals surface area contributed by atoms with Crippen LogP contribution in [0.2, 0.25) is 0 Å². The zero-order valence-electron chi connectivity index (χ0n) is 23.5. The monoisotopic (exact) mass is 529 g/mol. The fraction of sp³-hybridized carbons (Fsp3) is 0.132. The van der Waals surface area contributed by atoms with Gasteiger partial charge in [-0.05, 0) is 39.4 Å². The number of benzene rings is 5. The van der Waals surface area contributed by atoms with E-state index in [1.165, 1.54) is 33.4 Å². The zero-order valence-corrected chi connectivity index (χ0v) is 23.5. The van der Waals surface area contributed by atoms with E-state index in [-0.39, 0.29) is 5.41 Å². The third kappa shape index (κ3) is 4.08. The van der Waals surface area contributed by atoms with Crippen molar-refractivity contribution in [3.63, 3.8) is 0 Å². The van der Waals surface area contributed by atoms with Crippen LogP contribution in [0.1, 0.15) is 48.8 Å². The van der Waals surface area contributed by atoms with Crippen LogP contribution in [0.25, 0.3) is 33.9 Å². The highest BCUT2D eigenvalue weighted by Gasteiger charge is 2.46. The van der Waals surface area contributed by atoms with E-state index in [9.17, 15) is 0 Å². The van der Waals surface area contributed by atoms with Gasteiger partial charge in [-0.1, -0.05) is 148 Å². The molecule has 0 N–H and O–H groups in total. The van der Waals surface area contributed by atoms with E-state index in [1.807, 2.05) is 18.2 Å². The molecule has 1 aliphatic carbocycles. The predicted molar refractivity (Wildman–Crippen MR) is 167 cm³/mol. The summed E-state index contributed by atoms with van der Waals surface area (Å²) in [5, 5.41) is 0. The van der Waals surface area contributed by atoms with E-state index < -0.39 is 5.41 Å². The van der Waals surface area contributed by atoms with Crippen LogP contribution in [0.15, 0.2) is 133 Å². The largest absolute Gasteiger partial charge is 0.212 e. The van der Waals surface area contributed by atoms with Crippen molar-refractivity contribution in [2.45, 2.75) is 31.6 Å². The van der Waals surface area contributed by atoms with Crippen molar-refractivity contribution in [2.24, 2.45) is 0 Å². The normalized spacial score (nSPS) is 13.4. The number of rotatable bonds is 4. The summed E-state index contributed by atoms with van der Waals surface area (Å²) in [6.45, 7) is 6.45. The maximum absolute atomic E-state index is 5.05. The first-order valence-corrected chi connectivity index (χ1v) is 14.1. The molecule has 0 atom stereocenters. The molecule has 0 spiro atoms. The summed E-state index contributed by atoms with van der Waals surface area (Å²) in [4.78, 5) is 15.0. The van der Waals surface area contributed by atoms with Gasteiger partial charge in [-0.3, -0.25) is 0 Å². The Morgan fingerprint density at radius 1 is 0.463 bits per heavy atom. The molecule has 0 bridgehead atoms. The van der Waals surface area contributed by atoms with Gasteiger partial charge in [-0.2, -0.15) is 0 Å². The molecule has 198 valence electrons. The fourth-order valence-electron chi connectivity index (χ4n) is 6.14. The Balaban J connectivity index is 1.52. The summed E-state index contributed by atoms with van der Waals surface area (Å²) in [6, 6.07) is 47.4. The molecule has 3 heteroatoms. The average molecular weight is 530 g/mol. The lowest BCUT2D eigenvalue weighted by atomic mass is 9.67. The van der Waals surface area contributed by atoms with Crippen molar-refractivity contribution < 1.29 is 0 Å². The highest BCUT2D eigenvalue weighted by atomic mass is 15.0. The quantitative estimate of drug-likeness (QED) is 0.229. The highest BCUT2D eigenvalue weighted by Crippen LogP contribution is 2.56. The number of nitrogens with zero attached hydrogens (tertiary/aromatic N) is 3. The van der Waals surface area contributed by atoms with Gasteiger partial charge >= 0.3 is 0 Å². The van der Waals surface area contributed by atoms with Crippen LogP contribution in [0, 0.1) is 0 Å². The summed E-state index contributed by atoms with van der Waals surface area (Å²) in [5.74, 6) is 2.17. The SMILES string of the molecule is CC(C)(C)c1nc(-c2ccccc2)nc(-c2ccc3c(c2)C(c2ccccc2)(c2ccccc2)c2ccccc2-3)n1. The van der Waals surface area contributed by atoms with Gasteiger partial charge in [-0.15, -0.1) is 0 Å². The van der Waals surface area contributed by atoms with Crippen molar-refractivity contribution in [3.05, 3.63) is 162 Å². The summed E-state index contributed by atoms with van der Waals surface area (Å²) in [6.07, 6.45) is 0. The van der Waals surface area contributed by atoms with Crippen molar-refractivity contribution in [1.29, 1.82) is 0 Å². The van der Waals surface area contributed by atoms with Crippen molar-refractivity contribution in [1.82, 2.24) is 15.0 Å². The molecule has 0 saturated heterocycles. The molecule has 0 fully saturated rings. The van der Waals surface area contributed by atoms with Crippen molar-refractivity contribution in [3.8, 4) is 33.9 Å². The van der Waals surface area contributed by atoms with Crippen LogP contribution in [-0.4, -0.2) is 15.0 Å². The molecule has 1 aromatic heterocycles. The number of fused-ring (bicyclic) bond motifs is 3. The Labute approximate surface area is 241 Å². The van der Waals surface area contributed by atoms with Gasteiger partial charge in [0.15, 0.2) is 11.6 Å². The smallest absolute Gasteiger partial charge is 0.163 e. The van der Waals surface area contributed by atoms with E-state index in [1.54, 1.807) is 0 Å². The van der Waals surface area contributed by atoms with Crippen LogP contribution in [0.5, 0.6) is 0 Å². The minimum absolute atomic E-state index is 0.230. The molecular formula is C38H31N3. The van der Waals surface area contributed by atoms with Crippen molar-refractivity contribution >= 4 is 0 Å². The molecule has 0 unspecified atom stereocenters. The highest BCUT2D eigenvalue weighted by molar-refractivity contribution is 5.88. The van der Waals surface area contributed by atoms with E-state index in [2.05, 4.69) is 136 Å². The maximum Gasteiger partial charge on any atom is 0.163 e. The fourth-order valence-corrected chi connectivity index (χ4v) is 6.14. The molecular weight excluding hydrogens is 498 g/mol. The molecule has 1 heterocycles. The summed E-state index contributed by atoms with van der Waals surface area (Å²) < 4.78 is 0. The van der Waals surface area contributed by atoms with E-state index in [0.29, 0.717) is 11.6 Å². The maximum atomic E-state index is 5.05. The summed E-state index contributed by atoms with van der Waals surface area (Å²) in [5.41, 5.74) is 8.79. The van der Waals surface area contributed by atoms with Gasteiger partial charge in [0.25, 0.3) is 0 Å². The molecule has 5 aromatic carbocycles. The van der Waals surface area contributed by atoms with Crippen LogP contribution in [-0.2, 0) is 10.8 Å². The predicted octanol–water partition coefficient (Wildman–Crippen LogP) is 8.87. The lowest BCUT2D eigenvalue weighted by molar-refractivity contribution is 0.543. The van der Waals surface area contributed by atoms with Crippen molar-refractivity contribution in [2.75, 3.05) is 0 Å². The minimum atomic E-state index is -0.466. The van der Waals surface area contributed by atoms with E-state index in [4.69, 9.17) is 15.0 Å². The Kier molecular flexibility index (Phi) is 5.90. The van der Waals surface area contributed by atoms with Gasteiger partial charge in [0, 0.05) is 16.5 Å². The van der Waals surface area contributed by atoms with E-state index >= 15 is 0 Å². The van der Waals surface area contributed by atoms with Crippen LogP contribution < -0.4 is 0 Å². The van der Waals surface area contributed by atoms with E-state index in [0.717, 1.165) is 17.0 Å². The molecule has 3 nitrogen and oxygen atoms in total. The molecule has 6 aromatic rings. The summed E-state index contributed by atoms with van der Waals surface area (Å²) >= 11 is 0. The van der Waals surface area contributed by atoms with Crippen LogP contribution >= 0.6 is 0 Å². The molecule has 0 radical (unpaired) electrons. The van der Waals surface area contributed by atoms with Crippen LogP contribution in [0.3, 0.4) is 0 Å². The average Bonchev–Trinajstić information content (AvgIpc) is 3.32. The lowest BCUT2D eigenvalue weighted by Gasteiger charge is -2.34. The van der Waals surface area contributed by atoms with Gasteiger partial charge in [-0.25, -0.2) is 15.0 Å². The summed E-state index contributed by atoms with van der Waals surface area (Å²) in [7, 11) is 0.